The summed E-state index contributed by atoms with van der Waals surface area (Å²) >= 11 is 5.81. The number of ether oxygens (including phenoxy) is 1. The van der Waals surface area contributed by atoms with Gasteiger partial charge in [0, 0.05) is 18.0 Å². The van der Waals surface area contributed by atoms with Crippen molar-refractivity contribution >= 4 is 28.4 Å². The van der Waals surface area contributed by atoms with Gasteiger partial charge in [0.1, 0.15) is 17.2 Å². The standard InChI is InChI=1S/C19H17ClN2O3/c20-15-12-14(7-9-18(15)23)25-11-3-10-21-19(24)17-8-6-13-4-1-2-5-16(13)22-17/h1-2,4-9,12,23H,3,10-11H2,(H,21,24). The van der Waals surface area contributed by atoms with Crippen LogP contribution >= 0.6 is 11.6 Å². The minimum absolute atomic E-state index is 0.0177. The molecular weight excluding hydrogens is 340 g/mol. The van der Waals surface area contributed by atoms with E-state index in [0.717, 1.165) is 10.9 Å². The van der Waals surface area contributed by atoms with E-state index in [-0.39, 0.29) is 16.7 Å². The van der Waals surface area contributed by atoms with Crippen molar-refractivity contribution in [1.29, 1.82) is 0 Å². The number of para-hydroxylation sites is 1. The van der Waals surface area contributed by atoms with Crippen molar-refractivity contribution in [2.75, 3.05) is 13.2 Å². The van der Waals surface area contributed by atoms with Crippen LogP contribution in [0.3, 0.4) is 0 Å². The van der Waals surface area contributed by atoms with E-state index in [2.05, 4.69) is 10.3 Å². The molecule has 0 aliphatic carbocycles. The van der Waals surface area contributed by atoms with E-state index in [0.29, 0.717) is 31.0 Å². The molecule has 1 heterocycles. The van der Waals surface area contributed by atoms with Gasteiger partial charge in [-0.05, 0) is 30.7 Å². The highest BCUT2D eigenvalue weighted by molar-refractivity contribution is 6.32. The predicted molar refractivity (Wildman–Crippen MR) is 97.3 cm³/mol. The highest BCUT2D eigenvalue weighted by atomic mass is 35.5. The first kappa shape index (κ1) is 17.0. The minimum atomic E-state index is -0.210. The first-order valence-electron chi connectivity index (χ1n) is 7.89. The smallest absolute Gasteiger partial charge is 0.269 e. The molecule has 25 heavy (non-hydrogen) atoms. The van der Waals surface area contributed by atoms with Gasteiger partial charge in [-0.25, -0.2) is 4.98 Å². The lowest BCUT2D eigenvalue weighted by Gasteiger charge is -2.08. The lowest BCUT2D eigenvalue weighted by atomic mass is 10.2. The summed E-state index contributed by atoms with van der Waals surface area (Å²) in [5, 5.41) is 13.4. The molecule has 3 aromatic rings. The number of pyridine rings is 1. The maximum Gasteiger partial charge on any atom is 0.269 e. The van der Waals surface area contributed by atoms with Crippen LogP contribution in [0.5, 0.6) is 11.5 Å². The molecule has 1 aromatic heterocycles. The number of rotatable bonds is 6. The first-order valence-corrected chi connectivity index (χ1v) is 8.26. The first-order chi connectivity index (χ1) is 12.1. The number of carbonyl (C=O) groups is 1. The molecule has 0 bridgehead atoms. The third-order valence-corrected chi connectivity index (χ3v) is 3.93. The molecule has 2 aromatic carbocycles. The van der Waals surface area contributed by atoms with Gasteiger partial charge in [-0.15, -0.1) is 0 Å². The molecule has 0 aliphatic rings. The maximum absolute atomic E-state index is 12.1. The van der Waals surface area contributed by atoms with Crippen molar-refractivity contribution in [3.05, 3.63) is 65.3 Å². The molecule has 0 saturated heterocycles. The Bertz CT molecular complexity index is 899. The Balaban J connectivity index is 1.46. The SMILES string of the molecule is O=C(NCCCOc1ccc(O)c(Cl)c1)c1ccc2ccccc2n1. The molecule has 0 aliphatic heterocycles. The Morgan fingerprint density at radius 2 is 2.00 bits per heavy atom. The van der Waals surface area contributed by atoms with E-state index in [1.807, 2.05) is 30.3 Å². The average molecular weight is 357 g/mol. The number of aromatic hydroxyl groups is 1. The topological polar surface area (TPSA) is 71.5 Å². The molecule has 3 rings (SSSR count). The number of hydrogen-bond acceptors (Lipinski definition) is 4. The Hall–Kier alpha value is -2.79. The largest absolute Gasteiger partial charge is 0.506 e. The van der Waals surface area contributed by atoms with Gasteiger partial charge < -0.3 is 15.2 Å². The van der Waals surface area contributed by atoms with Crippen molar-refractivity contribution < 1.29 is 14.6 Å². The second-order valence-corrected chi connectivity index (χ2v) is 5.87. The molecule has 0 unspecified atom stereocenters. The number of halogens is 1. The molecule has 0 atom stereocenters. The van der Waals surface area contributed by atoms with Crippen LogP contribution in [0.1, 0.15) is 16.9 Å². The van der Waals surface area contributed by atoms with E-state index < -0.39 is 0 Å². The summed E-state index contributed by atoms with van der Waals surface area (Å²) in [5.41, 5.74) is 1.19. The van der Waals surface area contributed by atoms with Crippen LogP contribution < -0.4 is 10.1 Å². The Morgan fingerprint density at radius 3 is 2.84 bits per heavy atom. The fourth-order valence-electron chi connectivity index (χ4n) is 2.32. The van der Waals surface area contributed by atoms with Crippen molar-refractivity contribution in [3.63, 3.8) is 0 Å². The highest BCUT2D eigenvalue weighted by Gasteiger charge is 2.07. The molecule has 1 amide bonds. The van der Waals surface area contributed by atoms with Crippen molar-refractivity contribution in [1.82, 2.24) is 10.3 Å². The highest BCUT2D eigenvalue weighted by Crippen LogP contribution is 2.27. The van der Waals surface area contributed by atoms with E-state index in [9.17, 15) is 9.90 Å². The number of aromatic nitrogens is 1. The number of nitrogens with zero attached hydrogens (tertiary/aromatic N) is 1. The van der Waals surface area contributed by atoms with Crippen LogP contribution in [-0.4, -0.2) is 29.1 Å². The van der Waals surface area contributed by atoms with E-state index in [4.69, 9.17) is 16.3 Å². The van der Waals surface area contributed by atoms with Crippen LogP contribution in [0.2, 0.25) is 5.02 Å². The number of phenolic OH excluding ortho intramolecular Hbond substituents is 1. The molecule has 0 fully saturated rings. The van der Waals surface area contributed by atoms with Crippen LogP contribution in [0.25, 0.3) is 10.9 Å². The molecule has 0 saturated carbocycles. The van der Waals surface area contributed by atoms with Gasteiger partial charge in [-0.1, -0.05) is 35.9 Å². The third-order valence-electron chi connectivity index (χ3n) is 3.63. The van der Waals surface area contributed by atoms with Gasteiger partial charge in [0.15, 0.2) is 0 Å². The zero-order valence-electron chi connectivity index (χ0n) is 13.4. The monoisotopic (exact) mass is 356 g/mol. The summed E-state index contributed by atoms with van der Waals surface area (Å²) in [6.07, 6.45) is 0.637. The lowest BCUT2D eigenvalue weighted by Crippen LogP contribution is -2.26. The summed E-state index contributed by atoms with van der Waals surface area (Å²) in [6.45, 7) is 0.895. The normalized spacial score (nSPS) is 10.6. The maximum atomic E-state index is 12.1. The van der Waals surface area contributed by atoms with Crippen molar-refractivity contribution in [2.24, 2.45) is 0 Å². The molecule has 6 heteroatoms. The zero-order valence-corrected chi connectivity index (χ0v) is 14.2. The van der Waals surface area contributed by atoms with Crippen LogP contribution in [0.4, 0.5) is 0 Å². The van der Waals surface area contributed by atoms with Gasteiger partial charge in [-0.2, -0.15) is 0 Å². The fraction of sp³-hybridized carbons (Fsp3) is 0.158. The number of nitrogens with one attached hydrogen (secondary N) is 1. The van der Waals surface area contributed by atoms with E-state index in [1.165, 1.54) is 6.07 Å². The average Bonchev–Trinajstić information content (AvgIpc) is 2.63. The minimum Gasteiger partial charge on any atom is -0.506 e. The Labute approximate surface area is 150 Å². The van der Waals surface area contributed by atoms with Crippen LogP contribution in [0.15, 0.2) is 54.6 Å². The van der Waals surface area contributed by atoms with Crippen molar-refractivity contribution in [2.45, 2.75) is 6.42 Å². The van der Waals surface area contributed by atoms with Crippen molar-refractivity contribution in [3.8, 4) is 11.5 Å². The summed E-state index contributed by atoms with van der Waals surface area (Å²) in [5.74, 6) is 0.382. The summed E-state index contributed by atoms with van der Waals surface area (Å²) in [7, 11) is 0. The molecule has 2 N–H and O–H groups in total. The number of amides is 1. The van der Waals surface area contributed by atoms with Gasteiger partial charge in [0.25, 0.3) is 5.91 Å². The zero-order chi connectivity index (χ0) is 17.6. The number of carbonyl (C=O) groups excluding carboxylic acids is 1. The predicted octanol–water partition coefficient (Wildman–Crippen LogP) is 3.79. The Morgan fingerprint density at radius 1 is 1.16 bits per heavy atom. The second-order valence-electron chi connectivity index (χ2n) is 5.46. The molecule has 5 nitrogen and oxygen atoms in total. The van der Waals surface area contributed by atoms with E-state index in [1.54, 1.807) is 18.2 Å². The number of hydrogen-bond donors (Lipinski definition) is 2. The molecule has 0 radical (unpaired) electrons. The quantitative estimate of drug-likeness (QED) is 0.659. The van der Waals surface area contributed by atoms with Gasteiger partial charge >= 0.3 is 0 Å². The van der Waals surface area contributed by atoms with Gasteiger partial charge in [0.05, 0.1) is 17.1 Å². The molecular formula is C19H17ClN2O3. The van der Waals surface area contributed by atoms with Crippen LogP contribution in [0, 0.1) is 0 Å². The summed E-state index contributed by atoms with van der Waals surface area (Å²) in [6, 6.07) is 15.9. The summed E-state index contributed by atoms with van der Waals surface area (Å²) < 4.78 is 5.52. The van der Waals surface area contributed by atoms with E-state index >= 15 is 0 Å². The third kappa shape index (κ3) is 4.39. The van der Waals surface area contributed by atoms with Gasteiger partial charge in [-0.3, -0.25) is 4.79 Å². The molecule has 0 spiro atoms. The lowest BCUT2D eigenvalue weighted by molar-refractivity contribution is 0.0947. The van der Waals surface area contributed by atoms with Crippen LogP contribution in [-0.2, 0) is 0 Å². The fourth-order valence-corrected chi connectivity index (χ4v) is 2.50. The number of fused-ring (bicyclic) bond motifs is 1. The van der Waals surface area contributed by atoms with Gasteiger partial charge in [0.2, 0.25) is 0 Å². The number of benzene rings is 2. The number of phenols is 1. The molecule has 128 valence electrons. The Kier molecular flexibility index (Phi) is 5.36. The summed E-state index contributed by atoms with van der Waals surface area (Å²) in [4.78, 5) is 16.5. The second kappa shape index (κ2) is 7.85.